The number of carbonyl (C=O) groups is 1. The van der Waals surface area contributed by atoms with Crippen molar-refractivity contribution in [3.8, 4) is 11.4 Å². The highest BCUT2D eigenvalue weighted by molar-refractivity contribution is 6.32. The van der Waals surface area contributed by atoms with Crippen molar-refractivity contribution in [2.45, 2.75) is 20.3 Å². The molecule has 6 nitrogen and oxygen atoms in total. The first-order valence-corrected chi connectivity index (χ1v) is 7.00. The van der Waals surface area contributed by atoms with Crippen molar-refractivity contribution >= 4 is 17.5 Å². The number of nitrogens with zero attached hydrogens (tertiary/aromatic N) is 3. The maximum absolute atomic E-state index is 12.0. The van der Waals surface area contributed by atoms with E-state index in [0.29, 0.717) is 28.7 Å². The van der Waals surface area contributed by atoms with E-state index in [9.17, 15) is 4.79 Å². The zero-order chi connectivity index (χ0) is 15.4. The van der Waals surface area contributed by atoms with E-state index in [4.69, 9.17) is 16.3 Å². The number of hydrogen-bond donors (Lipinski definition) is 1. The van der Waals surface area contributed by atoms with E-state index < -0.39 is 0 Å². The molecule has 1 N–H and O–H groups in total. The predicted molar refractivity (Wildman–Crippen MR) is 80.3 cm³/mol. The minimum atomic E-state index is -0.222. The predicted octanol–water partition coefficient (Wildman–Crippen LogP) is 2.38. The monoisotopic (exact) mass is 308 g/mol. The van der Waals surface area contributed by atoms with Gasteiger partial charge >= 0.3 is 0 Å². The van der Waals surface area contributed by atoms with Crippen LogP contribution in [0.25, 0.3) is 5.69 Å². The Hall–Kier alpha value is -2.08. The van der Waals surface area contributed by atoms with Crippen molar-refractivity contribution in [1.82, 2.24) is 20.3 Å². The summed E-state index contributed by atoms with van der Waals surface area (Å²) in [4.78, 5) is 12.0. The number of hydrogen-bond acceptors (Lipinski definition) is 4. The summed E-state index contributed by atoms with van der Waals surface area (Å²) in [7, 11) is 1.55. The van der Waals surface area contributed by atoms with Crippen LogP contribution in [-0.2, 0) is 0 Å². The number of aromatic nitrogens is 3. The van der Waals surface area contributed by atoms with Gasteiger partial charge in [0.1, 0.15) is 5.75 Å². The van der Waals surface area contributed by atoms with Gasteiger partial charge in [0.15, 0.2) is 5.69 Å². The second-order valence-electron chi connectivity index (χ2n) is 4.51. The van der Waals surface area contributed by atoms with Crippen LogP contribution in [0.2, 0.25) is 5.02 Å². The van der Waals surface area contributed by atoms with Gasteiger partial charge in [0, 0.05) is 6.54 Å². The van der Waals surface area contributed by atoms with Crippen molar-refractivity contribution in [1.29, 1.82) is 0 Å². The van der Waals surface area contributed by atoms with Crippen molar-refractivity contribution in [2.75, 3.05) is 13.7 Å². The summed E-state index contributed by atoms with van der Waals surface area (Å²) in [5.74, 6) is 0.360. The van der Waals surface area contributed by atoms with Gasteiger partial charge in [0.25, 0.3) is 5.91 Å². The lowest BCUT2D eigenvalue weighted by atomic mass is 10.2. The fourth-order valence-electron chi connectivity index (χ4n) is 1.89. The molecule has 7 heteroatoms. The summed E-state index contributed by atoms with van der Waals surface area (Å²) < 4.78 is 6.69. The average Bonchev–Trinajstić information content (AvgIpc) is 2.86. The Morgan fingerprint density at radius 1 is 1.48 bits per heavy atom. The molecule has 1 heterocycles. The standard InChI is InChI=1S/C14H17ClN4O2/c1-4-7-16-14(20)13-9(2)19(18-17-13)10-5-6-12(21-3)11(15)8-10/h5-6,8H,4,7H2,1-3H3,(H,16,20). The third-order valence-corrected chi connectivity index (χ3v) is 3.32. The Morgan fingerprint density at radius 2 is 2.24 bits per heavy atom. The molecule has 0 fully saturated rings. The first-order valence-electron chi connectivity index (χ1n) is 6.62. The van der Waals surface area contributed by atoms with Crippen molar-refractivity contribution in [3.05, 3.63) is 34.6 Å². The maximum atomic E-state index is 12.0. The van der Waals surface area contributed by atoms with Gasteiger partial charge in [-0.3, -0.25) is 4.79 Å². The third kappa shape index (κ3) is 3.16. The van der Waals surface area contributed by atoms with Crippen molar-refractivity contribution in [3.63, 3.8) is 0 Å². The average molecular weight is 309 g/mol. The summed E-state index contributed by atoms with van der Waals surface area (Å²) in [6.45, 7) is 4.39. The zero-order valence-electron chi connectivity index (χ0n) is 12.2. The topological polar surface area (TPSA) is 69.0 Å². The minimum absolute atomic E-state index is 0.222. The lowest BCUT2D eigenvalue weighted by Crippen LogP contribution is -2.25. The summed E-state index contributed by atoms with van der Waals surface area (Å²) in [6.07, 6.45) is 0.868. The van der Waals surface area contributed by atoms with Crippen molar-refractivity contribution < 1.29 is 9.53 Å². The van der Waals surface area contributed by atoms with Crippen LogP contribution in [0.4, 0.5) is 0 Å². The number of ether oxygens (including phenoxy) is 1. The minimum Gasteiger partial charge on any atom is -0.495 e. The summed E-state index contributed by atoms with van der Waals surface area (Å²) in [5, 5.41) is 11.2. The maximum Gasteiger partial charge on any atom is 0.273 e. The molecule has 1 aromatic heterocycles. The van der Waals surface area contributed by atoms with Crippen LogP contribution >= 0.6 is 11.6 Å². The van der Waals surface area contributed by atoms with Gasteiger partial charge in [-0.2, -0.15) is 0 Å². The number of methoxy groups -OCH3 is 1. The molecule has 0 saturated carbocycles. The Kier molecular flexibility index (Phi) is 4.80. The lowest BCUT2D eigenvalue weighted by Gasteiger charge is -2.07. The van der Waals surface area contributed by atoms with Crippen molar-refractivity contribution in [2.24, 2.45) is 0 Å². The number of halogens is 1. The molecule has 21 heavy (non-hydrogen) atoms. The van der Waals surface area contributed by atoms with Crippen LogP contribution in [0.5, 0.6) is 5.75 Å². The van der Waals surface area contributed by atoms with E-state index in [1.807, 2.05) is 6.92 Å². The van der Waals surface area contributed by atoms with Gasteiger partial charge in [-0.15, -0.1) is 5.10 Å². The van der Waals surface area contributed by atoms with Crippen LogP contribution < -0.4 is 10.1 Å². The number of amides is 1. The molecule has 0 aliphatic carbocycles. The zero-order valence-corrected chi connectivity index (χ0v) is 12.9. The fraction of sp³-hybridized carbons (Fsp3) is 0.357. The summed E-state index contributed by atoms with van der Waals surface area (Å²) >= 11 is 6.10. The van der Waals surface area contributed by atoms with E-state index in [0.717, 1.165) is 12.1 Å². The number of carbonyl (C=O) groups excluding carboxylic acids is 1. The molecule has 0 saturated heterocycles. The lowest BCUT2D eigenvalue weighted by molar-refractivity contribution is 0.0948. The van der Waals surface area contributed by atoms with E-state index in [2.05, 4.69) is 15.6 Å². The van der Waals surface area contributed by atoms with E-state index in [1.54, 1.807) is 36.9 Å². The van der Waals surface area contributed by atoms with Crippen LogP contribution in [-0.4, -0.2) is 34.6 Å². The molecule has 2 rings (SSSR count). The Labute approximate surface area is 128 Å². The first kappa shape index (κ1) is 15.3. The molecule has 1 aromatic carbocycles. The highest BCUT2D eigenvalue weighted by atomic mass is 35.5. The second-order valence-corrected chi connectivity index (χ2v) is 4.92. The second kappa shape index (κ2) is 6.58. The molecule has 0 aliphatic heterocycles. The van der Waals surface area contributed by atoms with Gasteiger partial charge in [0.05, 0.1) is 23.5 Å². The van der Waals surface area contributed by atoms with Gasteiger partial charge in [0.2, 0.25) is 0 Å². The van der Waals surface area contributed by atoms with Crippen LogP contribution in [0.1, 0.15) is 29.5 Å². The smallest absolute Gasteiger partial charge is 0.273 e. The summed E-state index contributed by atoms with van der Waals surface area (Å²) in [6, 6.07) is 5.27. The molecule has 0 atom stereocenters. The molecule has 0 aliphatic rings. The Balaban J connectivity index is 2.31. The summed E-state index contributed by atoms with van der Waals surface area (Å²) in [5.41, 5.74) is 1.69. The molecule has 0 spiro atoms. The van der Waals surface area contributed by atoms with Crippen LogP contribution in [0, 0.1) is 6.92 Å². The van der Waals surface area contributed by atoms with E-state index in [1.165, 1.54) is 0 Å². The van der Waals surface area contributed by atoms with Gasteiger partial charge in [-0.05, 0) is 31.5 Å². The molecule has 2 aromatic rings. The van der Waals surface area contributed by atoms with Gasteiger partial charge in [-0.1, -0.05) is 23.7 Å². The normalized spacial score (nSPS) is 10.5. The molecular weight excluding hydrogens is 292 g/mol. The van der Waals surface area contributed by atoms with E-state index in [-0.39, 0.29) is 5.91 Å². The molecule has 0 radical (unpaired) electrons. The molecule has 0 bridgehead atoms. The SMILES string of the molecule is CCCNC(=O)c1nnn(-c2ccc(OC)c(Cl)c2)c1C. The largest absolute Gasteiger partial charge is 0.495 e. The first-order chi connectivity index (χ1) is 10.1. The van der Waals surface area contributed by atoms with Crippen LogP contribution in [0.15, 0.2) is 18.2 Å². The molecule has 112 valence electrons. The van der Waals surface area contributed by atoms with E-state index >= 15 is 0 Å². The molecule has 1 amide bonds. The number of rotatable bonds is 5. The number of benzene rings is 1. The highest BCUT2D eigenvalue weighted by Crippen LogP contribution is 2.26. The van der Waals surface area contributed by atoms with Gasteiger partial charge in [-0.25, -0.2) is 4.68 Å². The molecule has 0 unspecified atom stereocenters. The fourth-order valence-corrected chi connectivity index (χ4v) is 2.15. The quantitative estimate of drug-likeness (QED) is 0.920. The Morgan fingerprint density at radius 3 is 2.86 bits per heavy atom. The highest BCUT2D eigenvalue weighted by Gasteiger charge is 2.17. The van der Waals surface area contributed by atoms with Gasteiger partial charge < -0.3 is 10.1 Å². The third-order valence-electron chi connectivity index (χ3n) is 3.03. The number of nitrogens with one attached hydrogen (secondary N) is 1. The molecular formula is C14H17ClN4O2. The Bertz CT molecular complexity index is 654. The van der Waals surface area contributed by atoms with Crippen LogP contribution in [0.3, 0.4) is 0 Å².